The number of urea groups is 1. The average Bonchev–Trinajstić information content (AvgIpc) is 2.17. The van der Waals surface area contributed by atoms with Crippen molar-refractivity contribution in [1.29, 1.82) is 0 Å². The number of carbonyl (C=O) groups is 3. The van der Waals surface area contributed by atoms with Crippen LogP contribution in [0.4, 0.5) is 4.79 Å². The topological polar surface area (TPSA) is 95.5 Å². The van der Waals surface area contributed by atoms with Crippen LogP contribution in [0.3, 0.4) is 0 Å². The van der Waals surface area contributed by atoms with Gasteiger partial charge in [-0.05, 0) is 12.8 Å². The van der Waals surface area contributed by atoms with Crippen molar-refractivity contribution < 1.29 is 19.5 Å². The Hall–Kier alpha value is -1.59. The first kappa shape index (κ1) is 11.5. The van der Waals surface area contributed by atoms with E-state index in [0.29, 0.717) is 12.8 Å². The maximum absolute atomic E-state index is 11.7. The Bertz CT molecular complexity index is 309. The Morgan fingerprint density at radius 2 is 1.93 bits per heavy atom. The van der Waals surface area contributed by atoms with Gasteiger partial charge in [0.15, 0.2) is 0 Å². The molecule has 1 aliphatic heterocycles. The van der Waals surface area contributed by atoms with Gasteiger partial charge in [-0.25, -0.2) is 9.59 Å². The van der Waals surface area contributed by atoms with Gasteiger partial charge in [-0.15, -0.1) is 0 Å². The molecule has 3 N–H and O–H groups in total. The molecule has 1 saturated heterocycles. The van der Waals surface area contributed by atoms with Crippen LogP contribution in [-0.4, -0.2) is 29.1 Å². The van der Waals surface area contributed by atoms with Gasteiger partial charge >= 0.3 is 12.0 Å². The van der Waals surface area contributed by atoms with Crippen molar-refractivity contribution in [2.75, 3.05) is 0 Å². The fraction of sp³-hybridized carbons (Fsp3) is 0.667. The quantitative estimate of drug-likeness (QED) is 0.620. The van der Waals surface area contributed by atoms with Crippen molar-refractivity contribution in [3.8, 4) is 0 Å². The van der Waals surface area contributed by atoms with Gasteiger partial charge in [-0.3, -0.25) is 10.1 Å². The SMILES string of the molecule is CCC1(CC)C(=O)NC(=O)NC1C(=O)O. The van der Waals surface area contributed by atoms with E-state index in [9.17, 15) is 14.4 Å². The largest absolute Gasteiger partial charge is 0.480 e. The fourth-order valence-corrected chi connectivity index (χ4v) is 1.94. The van der Waals surface area contributed by atoms with E-state index in [0.717, 1.165) is 0 Å². The van der Waals surface area contributed by atoms with Crippen LogP contribution in [0.15, 0.2) is 0 Å². The van der Waals surface area contributed by atoms with E-state index in [-0.39, 0.29) is 0 Å². The zero-order chi connectivity index (χ0) is 11.6. The highest BCUT2D eigenvalue weighted by molar-refractivity contribution is 6.04. The Morgan fingerprint density at radius 1 is 1.40 bits per heavy atom. The summed E-state index contributed by atoms with van der Waals surface area (Å²) in [4.78, 5) is 33.7. The molecule has 0 bridgehead atoms. The molecule has 1 fully saturated rings. The Kier molecular flexibility index (Phi) is 2.97. The van der Waals surface area contributed by atoms with E-state index in [1.54, 1.807) is 13.8 Å². The standard InChI is InChI=1S/C9H14N2O4/c1-3-9(4-2)5(6(12)13)10-8(15)11-7(9)14/h5H,3-4H2,1-2H3,(H,12,13)(H2,10,11,14,15). The number of imide groups is 1. The Balaban J connectivity index is 3.12. The lowest BCUT2D eigenvalue weighted by Crippen LogP contribution is -2.66. The van der Waals surface area contributed by atoms with Crippen LogP contribution in [0.1, 0.15) is 26.7 Å². The lowest BCUT2D eigenvalue weighted by atomic mass is 9.73. The number of carboxylic acid groups (broad SMARTS) is 1. The predicted molar refractivity (Wildman–Crippen MR) is 51.1 cm³/mol. The van der Waals surface area contributed by atoms with Crippen molar-refractivity contribution in [1.82, 2.24) is 10.6 Å². The van der Waals surface area contributed by atoms with Gasteiger partial charge in [0.25, 0.3) is 0 Å². The molecule has 1 heterocycles. The zero-order valence-electron chi connectivity index (χ0n) is 8.66. The van der Waals surface area contributed by atoms with Crippen molar-refractivity contribution in [3.05, 3.63) is 0 Å². The lowest BCUT2D eigenvalue weighted by Gasteiger charge is -2.39. The molecular formula is C9H14N2O4. The second kappa shape index (κ2) is 3.88. The number of hydrogen-bond donors (Lipinski definition) is 3. The summed E-state index contributed by atoms with van der Waals surface area (Å²) in [5, 5.41) is 13.4. The minimum Gasteiger partial charge on any atom is -0.480 e. The molecule has 6 heteroatoms. The van der Waals surface area contributed by atoms with Crippen LogP contribution in [0.25, 0.3) is 0 Å². The molecule has 0 saturated carbocycles. The molecule has 1 rings (SSSR count). The Labute approximate surface area is 87.0 Å². The van der Waals surface area contributed by atoms with Crippen molar-refractivity contribution >= 4 is 17.9 Å². The fourth-order valence-electron chi connectivity index (χ4n) is 1.94. The molecule has 1 aliphatic rings. The lowest BCUT2D eigenvalue weighted by molar-refractivity contribution is -0.150. The summed E-state index contributed by atoms with van der Waals surface area (Å²) in [5.74, 6) is -1.69. The number of nitrogens with one attached hydrogen (secondary N) is 2. The zero-order valence-corrected chi connectivity index (χ0v) is 8.66. The van der Waals surface area contributed by atoms with E-state index in [1.165, 1.54) is 0 Å². The summed E-state index contributed by atoms with van der Waals surface area (Å²) in [6.45, 7) is 3.47. The normalized spacial score (nSPS) is 24.3. The summed E-state index contributed by atoms with van der Waals surface area (Å²) in [5.41, 5.74) is -1.04. The summed E-state index contributed by atoms with van der Waals surface area (Å²) < 4.78 is 0. The van der Waals surface area contributed by atoms with Crippen molar-refractivity contribution in [3.63, 3.8) is 0 Å². The van der Waals surface area contributed by atoms with E-state index in [1.807, 2.05) is 0 Å². The van der Waals surface area contributed by atoms with Gasteiger partial charge in [0, 0.05) is 0 Å². The first-order chi connectivity index (χ1) is 6.97. The number of hydrogen-bond acceptors (Lipinski definition) is 3. The summed E-state index contributed by atoms with van der Waals surface area (Å²) in [7, 11) is 0. The number of aliphatic carboxylic acids is 1. The van der Waals surface area contributed by atoms with E-state index >= 15 is 0 Å². The van der Waals surface area contributed by atoms with Crippen LogP contribution in [-0.2, 0) is 9.59 Å². The maximum Gasteiger partial charge on any atom is 0.327 e. The molecule has 0 aromatic carbocycles. The third-order valence-electron chi connectivity index (χ3n) is 3.02. The van der Waals surface area contributed by atoms with Crippen molar-refractivity contribution in [2.45, 2.75) is 32.7 Å². The highest BCUT2D eigenvalue weighted by Crippen LogP contribution is 2.33. The summed E-state index contributed by atoms with van der Waals surface area (Å²) in [6, 6.07) is -1.89. The van der Waals surface area contributed by atoms with Crippen LogP contribution < -0.4 is 10.6 Å². The van der Waals surface area contributed by atoms with Gasteiger partial charge in [0.05, 0.1) is 5.41 Å². The molecule has 15 heavy (non-hydrogen) atoms. The van der Waals surface area contributed by atoms with Crippen molar-refractivity contribution in [2.24, 2.45) is 5.41 Å². The molecular weight excluding hydrogens is 200 g/mol. The Morgan fingerprint density at radius 3 is 2.33 bits per heavy atom. The second-order valence-corrected chi connectivity index (χ2v) is 3.56. The highest BCUT2D eigenvalue weighted by atomic mass is 16.4. The smallest absolute Gasteiger partial charge is 0.327 e. The van der Waals surface area contributed by atoms with Crippen LogP contribution in [0.2, 0.25) is 0 Å². The molecule has 0 radical (unpaired) electrons. The molecule has 6 nitrogen and oxygen atoms in total. The van der Waals surface area contributed by atoms with Crippen LogP contribution in [0, 0.1) is 5.41 Å². The molecule has 0 spiro atoms. The van der Waals surface area contributed by atoms with Gasteiger partial charge < -0.3 is 10.4 Å². The molecule has 1 atom stereocenters. The first-order valence-electron chi connectivity index (χ1n) is 4.82. The minimum absolute atomic E-state index is 0.368. The van der Waals surface area contributed by atoms with Gasteiger partial charge in [-0.2, -0.15) is 0 Å². The number of carbonyl (C=O) groups excluding carboxylic acids is 2. The molecule has 0 aliphatic carbocycles. The van der Waals surface area contributed by atoms with Crippen LogP contribution >= 0.6 is 0 Å². The van der Waals surface area contributed by atoms with Gasteiger partial charge in [0.1, 0.15) is 6.04 Å². The number of rotatable bonds is 3. The molecule has 0 aromatic heterocycles. The minimum atomic E-state index is -1.18. The van der Waals surface area contributed by atoms with Gasteiger partial charge in [-0.1, -0.05) is 13.8 Å². The molecule has 1 unspecified atom stereocenters. The summed E-state index contributed by atoms with van der Waals surface area (Å²) in [6.07, 6.45) is 0.735. The second-order valence-electron chi connectivity index (χ2n) is 3.56. The molecule has 0 aromatic rings. The highest BCUT2D eigenvalue weighted by Gasteiger charge is 2.51. The van der Waals surface area contributed by atoms with E-state index in [2.05, 4.69) is 10.6 Å². The predicted octanol–water partition coefficient (Wildman–Crippen LogP) is 0.0854. The summed E-state index contributed by atoms with van der Waals surface area (Å²) >= 11 is 0. The van der Waals surface area contributed by atoms with E-state index < -0.39 is 29.4 Å². The monoisotopic (exact) mass is 214 g/mol. The number of amides is 3. The molecule has 84 valence electrons. The van der Waals surface area contributed by atoms with E-state index in [4.69, 9.17) is 5.11 Å². The molecule has 3 amide bonds. The number of carboxylic acids is 1. The van der Waals surface area contributed by atoms with Crippen LogP contribution in [0.5, 0.6) is 0 Å². The van der Waals surface area contributed by atoms with Gasteiger partial charge in [0.2, 0.25) is 5.91 Å². The maximum atomic E-state index is 11.7. The third kappa shape index (κ3) is 1.67. The first-order valence-corrected chi connectivity index (χ1v) is 4.82. The average molecular weight is 214 g/mol. The third-order valence-corrected chi connectivity index (χ3v) is 3.02.